The second-order valence-electron chi connectivity index (χ2n) is 2.78. The topological polar surface area (TPSA) is 22.0 Å². The average molecular weight is 135 g/mol. The molecule has 0 aromatic carbocycles. The van der Waals surface area contributed by atoms with Gasteiger partial charge in [-0.1, -0.05) is 0 Å². The van der Waals surface area contributed by atoms with E-state index in [1.54, 1.807) is 0 Å². The summed E-state index contributed by atoms with van der Waals surface area (Å²) in [4.78, 5) is 11.1. The number of rotatable bonds is 0. The van der Waals surface area contributed by atoms with Crippen LogP contribution in [0.1, 0.15) is 29.9 Å². The molecule has 10 heavy (non-hydrogen) atoms. The summed E-state index contributed by atoms with van der Waals surface area (Å²) >= 11 is 0. The number of carbonyl (C=O) groups excluding carboxylic acids is 1. The van der Waals surface area contributed by atoms with E-state index < -0.39 is 0 Å². The molecule has 1 aliphatic rings. The third kappa shape index (κ3) is 0.561. The summed E-state index contributed by atoms with van der Waals surface area (Å²) in [5.74, 6) is 0.275. The molecule has 52 valence electrons. The Kier molecular flexibility index (Phi) is 0.982. The van der Waals surface area contributed by atoms with Crippen LogP contribution in [0.4, 0.5) is 0 Å². The van der Waals surface area contributed by atoms with Gasteiger partial charge in [0.05, 0.1) is 5.69 Å². The van der Waals surface area contributed by atoms with Crippen molar-refractivity contribution in [1.29, 1.82) is 0 Å². The van der Waals surface area contributed by atoms with E-state index in [0.29, 0.717) is 12.5 Å². The van der Waals surface area contributed by atoms with Gasteiger partial charge in [-0.2, -0.15) is 0 Å². The lowest BCUT2D eigenvalue weighted by molar-refractivity contribution is 0.0990. The van der Waals surface area contributed by atoms with E-state index in [-0.39, 0.29) is 5.78 Å². The number of hydrogen-bond donors (Lipinski definition) is 0. The first-order valence-electron chi connectivity index (χ1n) is 3.49. The molecule has 0 saturated heterocycles. The van der Waals surface area contributed by atoms with Crippen LogP contribution in [-0.4, -0.2) is 10.4 Å². The number of fused-ring (bicyclic) bond motifs is 1. The largest absolute Gasteiger partial charge is 0.342 e. The highest BCUT2D eigenvalue weighted by Crippen LogP contribution is 2.24. The van der Waals surface area contributed by atoms with Gasteiger partial charge in [0.15, 0.2) is 5.78 Å². The molecular formula is C8H9NO. The van der Waals surface area contributed by atoms with Crippen LogP contribution < -0.4 is 0 Å². The summed E-state index contributed by atoms with van der Waals surface area (Å²) in [5, 5.41) is 0. The standard InChI is InChI=1S/C8H9NO/c1-6-5-8(10)7-3-2-4-9(6)7/h2-4,6H,5H2,1H3. The minimum atomic E-state index is 0.275. The van der Waals surface area contributed by atoms with Crippen molar-refractivity contribution in [3.63, 3.8) is 0 Å². The third-order valence-electron chi connectivity index (χ3n) is 2.02. The van der Waals surface area contributed by atoms with Crippen molar-refractivity contribution in [2.75, 3.05) is 0 Å². The molecule has 0 amide bonds. The van der Waals surface area contributed by atoms with Crippen molar-refractivity contribution in [3.05, 3.63) is 24.0 Å². The van der Waals surface area contributed by atoms with Crippen molar-refractivity contribution in [2.45, 2.75) is 19.4 Å². The molecule has 0 aliphatic carbocycles. The maximum Gasteiger partial charge on any atom is 0.181 e. The van der Waals surface area contributed by atoms with Crippen molar-refractivity contribution >= 4 is 5.78 Å². The highest BCUT2D eigenvalue weighted by Gasteiger charge is 2.23. The maximum atomic E-state index is 11.1. The van der Waals surface area contributed by atoms with Gasteiger partial charge in [-0.05, 0) is 19.1 Å². The van der Waals surface area contributed by atoms with Crippen molar-refractivity contribution in [3.8, 4) is 0 Å². The highest BCUT2D eigenvalue weighted by atomic mass is 16.1. The monoisotopic (exact) mass is 135 g/mol. The van der Waals surface area contributed by atoms with Crippen molar-refractivity contribution in [1.82, 2.24) is 4.57 Å². The minimum Gasteiger partial charge on any atom is -0.342 e. The molecule has 2 heterocycles. The fourth-order valence-corrected chi connectivity index (χ4v) is 1.49. The summed E-state index contributed by atoms with van der Waals surface area (Å²) in [6.07, 6.45) is 2.64. The first-order chi connectivity index (χ1) is 4.79. The molecule has 2 nitrogen and oxygen atoms in total. The zero-order valence-electron chi connectivity index (χ0n) is 5.87. The Balaban J connectivity index is 2.58. The molecule has 1 atom stereocenters. The average Bonchev–Trinajstić information content (AvgIpc) is 2.39. The lowest BCUT2D eigenvalue weighted by Gasteiger charge is -2.02. The second kappa shape index (κ2) is 1.72. The number of ketones is 1. The van der Waals surface area contributed by atoms with Crippen molar-refractivity contribution < 1.29 is 4.79 Å². The van der Waals surface area contributed by atoms with E-state index in [1.165, 1.54) is 0 Å². The van der Waals surface area contributed by atoms with Gasteiger partial charge in [-0.15, -0.1) is 0 Å². The number of carbonyl (C=O) groups is 1. The summed E-state index contributed by atoms with van der Waals surface area (Å²) in [6.45, 7) is 2.06. The maximum absolute atomic E-state index is 11.1. The molecule has 0 radical (unpaired) electrons. The number of hydrogen-bond acceptors (Lipinski definition) is 1. The Hall–Kier alpha value is -1.05. The van der Waals surface area contributed by atoms with E-state index in [9.17, 15) is 4.79 Å². The normalized spacial score (nSPS) is 23.3. The lowest BCUT2D eigenvalue weighted by atomic mass is 10.2. The van der Waals surface area contributed by atoms with Crippen LogP contribution in [0.2, 0.25) is 0 Å². The Bertz CT molecular complexity index is 275. The zero-order valence-corrected chi connectivity index (χ0v) is 5.87. The Morgan fingerprint density at radius 2 is 2.50 bits per heavy atom. The number of aromatic nitrogens is 1. The number of nitrogens with zero attached hydrogens (tertiary/aromatic N) is 1. The van der Waals surface area contributed by atoms with Crippen LogP contribution >= 0.6 is 0 Å². The van der Waals surface area contributed by atoms with E-state index in [2.05, 4.69) is 6.92 Å². The van der Waals surface area contributed by atoms with Gasteiger partial charge in [-0.3, -0.25) is 4.79 Å². The van der Waals surface area contributed by atoms with Crippen LogP contribution in [0.15, 0.2) is 18.3 Å². The molecule has 0 fully saturated rings. The smallest absolute Gasteiger partial charge is 0.181 e. The quantitative estimate of drug-likeness (QED) is 0.530. The lowest BCUT2D eigenvalue weighted by Crippen LogP contribution is -1.94. The predicted octanol–water partition coefficient (Wildman–Crippen LogP) is 1.64. The van der Waals surface area contributed by atoms with Crippen LogP contribution in [0.5, 0.6) is 0 Å². The van der Waals surface area contributed by atoms with Crippen LogP contribution in [0.3, 0.4) is 0 Å². The predicted molar refractivity (Wildman–Crippen MR) is 38.1 cm³/mol. The van der Waals surface area contributed by atoms with Crippen LogP contribution in [-0.2, 0) is 0 Å². The van der Waals surface area contributed by atoms with E-state index in [1.807, 2.05) is 22.9 Å². The zero-order chi connectivity index (χ0) is 7.14. The fourth-order valence-electron chi connectivity index (χ4n) is 1.49. The minimum absolute atomic E-state index is 0.275. The first-order valence-corrected chi connectivity index (χ1v) is 3.49. The molecule has 0 spiro atoms. The summed E-state index contributed by atoms with van der Waals surface area (Å²) < 4.78 is 2.03. The SMILES string of the molecule is CC1CC(=O)c2cccn21. The van der Waals surface area contributed by atoms with E-state index >= 15 is 0 Å². The molecule has 0 bridgehead atoms. The molecule has 0 saturated carbocycles. The van der Waals surface area contributed by atoms with Gasteiger partial charge >= 0.3 is 0 Å². The van der Waals surface area contributed by atoms with Gasteiger partial charge < -0.3 is 4.57 Å². The Morgan fingerprint density at radius 3 is 3.20 bits per heavy atom. The molecule has 2 rings (SSSR count). The number of Topliss-reactive ketones (excluding diaryl/α,β-unsaturated/α-hetero) is 1. The van der Waals surface area contributed by atoms with Crippen LogP contribution in [0.25, 0.3) is 0 Å². The highest BCUT2D eigenvalue weighted by molar-refractivity contribution is 5.96. The second-order valence-corrected chi connectivity index (χ2v) is 2.78. The van der Waals surface area contributed by atoms with Gasteiger partial charge in [0, 0.05) is 18.7 Å². The summed E-state index contributed by atoms with van der Waals surface area (Å²) in [6, 6.07) is 4.17. The van der Waals surface area contributed by atoms with E-state index in [4.69, 9.17) is 0 Å². The van der Waals surface area contributed by atoms with E-state index in [0.717, 1.165) is 5.69 Å². The van der Waals surface area contributed by atoms with Gasteiger partial charge in [0.2, 0.25) is 0 Å². The molecule has 1 aromatic heterocycles. The third-order valence-corrected chi connectivity index (χ3v) is 2.02. The first kappa shape index (κ1) is 5.71. The molecule has 1 aromatic rings. The van der Waals surface area contributed by atoms with Gasteiger partial charge in [0.1, 0.15) is 0 Å². The Morgan fingerprint density at radius 1 is 1.70 bits per heavy atom. The molecule has 2 heteroatoms. The molecular weight excluding hydrogens is 126 g/mol. The molecule has 1 aliphatic heterocycles. The fraction of sp³-hybridized carbons (Fsp3) is 0.375. The van der Waals surface area contributed by atoms with Crippen molar-refractivity contribution in [2.24, 2.45) is 0 Å². The summed E-state index contributed by atoms with van der Waals surface area (Å²) in [7, 11) is 0. The summed E-state index contributed by atoms with van der Waals surface area (Å²) in [5.41, 5.74) is 0.868. The van der Waals surface area contributed by atoms with Gasteiger partial charge in [0.25, 0.3) is 0 Å². The van der Waals surface area contributed by atoms with Gasteiger partial charge in [-0.25, -0.2) is 0 Å². The van der Waals surface area contributed by atoms with Crippen LogP contribution in [0, 0.1) is 0 Å². The Labute approximate surface area is 59.5 Å². The molecule has 1 unspecified atom stereocenters. The molecule has 0 N–H and O–H groups in total.